The first-order chi connectivity index (χ1) is 8.34. The van der Waals surface area contributed by atoms with Crippen LogP contribution in [0.15, 0.2) is 12.1 Å². The second kappa shape index (κ2) is 6.24. The first kappa shape index (κ1) is 15.0. The minimum atomic E-state index is -4.42. The van der Waals surface area contributed by atoms with Crippen molar-refractivity contribution < 1.29 is 17.9 Å². The van der Waals surface area contributed by atoms with Gasteiger partial charge in [0.15, 0.2) is 0 Å². The van der Waals surface area contributed by atoms with Crippen LogP contribution in [0.25, 0.3) is 0 Å². The standard InChI is InChI=1S/C11H14ClF3N2O/c1-17(4-3-5-18-2)10-7-8(11(13,14)15)6-9(12)16-10/h6-7H,3-5H2,1-2H3. The van der Waals surface area contributed by atoms with Gasteiger partial charge in [0, 0.05) is 27.3 Å². The molecule has 0 N–H and O–H groups in total. The van der Waals surface area contributed by atoms with Gasteiger partial charge in [-0.3, -0.25) is 0 Å². The molecule has 1 rings (SSSR count). The summed E-state index contributed by atoms with van der Waals surface area (Å²) in [6.07, 6.45) is -3.72. The lowest BCUT2D eigenvalue weighted by Crippen LogP contribution is -2.21. The van der Waals surface area contributed by atoms with E-state index < -0.39 is 11.7 Å². The Labute approximate surface area is 109 Å². The van der Waals surface area contributed by atoms with Crippen LogP contribution in [0.5, 0.6) is 0 Å². The number of rotatable bonds is 5. The molecule has 0 bridgehead atoms. The highest BCUT2D eigenvalue weighted by molar-refractivity contribution is 6.29. The van der Waals surface area contributed by atoms with E-state index in [0.717, 1.165) is 12.1 Å². The molecule has 102 valence electrons. The molecular formula is C11H14ClF3N2O. The van der Waals surface area contributed by atoms with E-state index in [1.807, 2.05) is 0 Å². The lowest BCUT2D eigenvalue weighted by molar-refractivity contribution is -0.137. The topological polar surface area (TPSA) is 25.4 Å². The monoisotopic (exact) mass is 282 g/mol. The number of halogens is 4. The van der Waals surface area contributed by atoms with E-state index in [1.165, 1.54) is 0 Å². The van der Waals surface area contributed by atoms with Gasteiger partial charge in [0.25, 0.3) is 0 Å². The van der Waals surface area contributed by atoms with Crippen LogP contribution < -0.4 is 4.90 Å². The quantitative estimate of drug-likeness (QED) is 0.612. The molecule has 0 saturated heterocycles. The molecule has 0 saturated carbocycles. The van der Waals surface area contributed by atoms with Gasteiger partial charge in [-0.25, -0.2) is 4.98 Å². The van der Waals surface area contributed by atoms with Gasteiger partial charge in [0.1, 0.15) is 11.0 Å². The number of hydrogen-bond acceptors (Lipinski definition) is 3. The van der Waals surface area contributed by atoms with Crippen molar-refractivity contribution in [2.75, 3.05) is 32.2 Å². The molecule has 18 heavy (non-hydrogen) atoms. The molecule has 0 unspecified atom stereocenters. The van der Waals surface area contributed by atoms with Gasteiger partial charge >= 0.3 is 6.18 Å². The van der Waals surface area contributed by atoms with Crippen LogP contribution in [0.4, 0.5) is 19.0 Å². The van der Waals surface area contributed by atoms with Crippen LogP contribution in [0.3, 0.4) is 0 Å². The first-order valence-electron chi connectivity index (χ1n) is 5.29. The Hall–Kier alpha value is -1.01. The maximum atomic E-state index is 12.6. The van der Waals surface area contributed by atoms with E-state index >= 15 is 0 Å². The summed E-state index contributed by atoms with van der Waals surface area (Å²) in [7, 11) is 3.23. The Kier molecular flexibility index (Phi) is 5.22. The molecule has 7 heteroatoms. The SMILES string of the molecule is COCCCN(C)c1cc(C(F)(F)F)cc(Cl)n1. The molecule has 1 aromatic heterocycles. The molecule has 1 heterocycles. The highest BCUT2D eigenvalue weighted by Gasteiger charge is 2.31. The lowest BCUT2D eigenvalue weighted by atomic mass is 10.2. The average Bonchev–Trinajstić information content (AvgIpc) is 2.27. The largest absolute Gasteiger partial charge is 0.416 e. The summed E-state index contributed by atoms with van der Waals surface area (Å²) in [4.78, 5) is 5.49. The number of anilines is 1. The van der Waals surface area contributed by atoms with E-state index in [1.54, 1.807) is 19.1 Å². The number of nitrogens with zero attached hydrogens (tertiary/aromatic N) is 2. The molecule has 0 aliphatic heterocycles. The zero-order valence-electron chi connectivity index (χ0n) is 10.1. The number of ether oxygens (including phenoxy) is 1. The van der Waals surface area contributed by atoms with Gasteiger partial charge in [-0.15, -0.1) is 0 Å². The van der Waals surface area contributed by atoms with Gasteiger partial charge in [-0.05, 0) is 18.6 Å². The molecule has 0 fully saturated rings. The molecule has 0 amide bonds. The Balaban J connectivity index is 2.85. The average molecular weight is 283 g/mol. The number of alkyl halides is 3. The van der Waals surface area contributed by atoms with E-state index in [9.17, 15) is 13.2 Å². The van der Waals surface area contributed by atoms with Gasteiger partial charge in [-0.2, -0.15) is 13.2 Å². The number of aromatic nitrogens is 1. The fourth-order valence-electron chi connectivity index (χ4n) is 1.40. The van der Waals surface area contributed by atoms with Crippen LogP contribution in [0.1, 0.15) is 12.0 Å². The van der Waals surface area contributed by atoms with Crippen molar-refractivity contribution in [3.63, 3.8) is 0 Å². The second-order valence-electron chi connectivity index (χ2n) is 3.80. The molecule has 0 radical (unpaired) electrons. The number of hydrogen-bond donors (Lipinski definition) is 0. The minimum absolute atomic E-state index is 0.168. The maximum absolute atomic E-state index is 12.6. The van der Waals surface area contributed by atoms with Gasteiger partial charge in [-0.1, -0.05) is 11.6 Å². The normalized spacial score (nSPS) is 11.7. The minimum Gasteiger partial charge on any atom is -0.385 e. The highest BCUT2D eigenvalue weighted by Crippen LogP contribution is 2.32. The maximum Gasteiger partial charge on any atom is 0.416 e. The summed E-state index contributed by atoms with van der Waals surface area (Å²) in [6, 6.07) is 1.80. The van der Waals surface area contributed by atoms with Crippen LogP contribution in [-0.2, 0) is 10.9 Å². The van der Waals surface area contributed by atoms with Crippen LogP contribution >= 0.6 is 11.6 Å². The van der Waals surface area contributed by atoms with Crippen LogP contribution in [0.2, 0.25) is 5.15 Å². The lowest BCUT2D eigenvalue weighted by Gasteiger charge is -2.19. The molecule has 0 aliphatic carbocycles. The summed E-state index contributed by atoms with van der Waals surface area (Å²) < 4.78 is 42.7. The Morgan fingerprint density at radius 3 is 2.61 bits per heavy atom. The predicted octanol–water partition coefficient (Wildman–Crippen LogP) is 3.23. The third kappa shape index (κ3) is 4.34. The Bertz CT molecular complexity index is 398. The van der Waals surface area contributed by atoms with Crippen LogP contribution in [0, 0.1) is 0 Å². The third-order valence-electron chi connectivity index (χ3n) is 2.34. The van der Waals surface area contributed by atoms with Crippen molar-refractivity contribution >= 4 is 17.4 Å². The Morgan fingerprint density at radius 2 is 2.06 bits per heavy atom. The van der Waals surface area contributed by atoms with Crippen molar-refractivity contribution in [1.82, 2.24) is 4.98 Å². The number of methoxy groups -OCH3 is 1. The van der Waals surface area contributed by atoms with Crippen molar-refractivity contribution in [3.8, 4) is 0 Å². The van der Waals surface area contributed by atoms with E-state index in [-0.39, 0.29) is 11.0 Å². The van der Waals surface area contributed by atoms with Crippen molar-refractivity contribution in [3.05, 3.63) is 22.8 Å². The molecule has 0 aliphatic rings. The van der Waals surface area contributed by atoms with E-state index in [0.29, 0.717) is 19.6 Å². The van der Waals surface area contributed by atoms with Crippen molar-refractivity contribution in [2.24, 2.45) is 0 Å². The molecule has 3 nitrogen and oxygen atoms in total. The fourth-order valence-corrected chi connectivity index (χ4v) is 1.61. The second-order valence-corrected chi connectivity index (χ2v) is 4.19. The Morgan fingerprint density at radius 1 is 1.39 bits per heavy atom. The zero-order chi connectivity index (χ0) is 13.8. The zero-order valence-corrected chi connectivity index (χ0v) is 10.8. The smallest absolute Gasteiger partial charge is 0.385 e. The van der Waals surface area contributed by atoms with Crippen LogP contribution in [-0.4, -0.2) is 32.3 Å². The molecular weight excluding hydrogens is 269 g/mol. The summed E-state index contributed by atoms with van der Waals surface area (Å²) in [5.74, 6) is 0.200. The van der Waals surface area contributed by atoms with Gasteiger partial charge < -0.3 is 9.64 Å². The van der Waals surface area contributed by atoms with E-state index in [2.05, 4.69) is 4.98 Å². The van der Waals surface area contributed by atoms with Gasteiger partial charge in [0.2, 0.25) is 0 Å². The molecule has 0 atom stereocenters. The van der Waals surface area contributed by atoms with Crippen molar-refractivity contribution in [1.29, 1.82) is 0 Å². The highest BCUT2D eigenvalue weighted by atomic mass is 35.5. The summed E-state index contributed by atoms with van der Waals surface area (Å²) in [6.45, 7) is 1.08. The summed E-state index contributed by atoms with van der Waals surface area (Å²) in [5.41, 5.74) is -0.795. The summed E-state index contributed by atoms with van der Waals surface area (Å²) >= 11 is 5.60. The molecule has 1 aromatic rings. The molecule has 0 aromatic carbocycles. The predicted molar refractivity (Wildman–Crippen MR) is 64.0 cm³/mol. The van der Waals surface area contributed by atoms with Crippen molar-refractivity contribution in [2.45, 2.75) is 12.6 Å². The summed E-state index contributed by atoms with van der Waals surface area (Å²) in [5, 5.41) is -0.168. The molecule has 0 spiro atoms. The third-order valence-corrected chi connectivity index (χ3v) is 2.53. The van der Waals surface area contributed by atoms with E-state index in [4.69, 9.17) is 16.3 Å². The fraction of sp³-hybridized carbons (Fsp3) is 0.545. The first-order valence-corrected chi connectivity index (χ1v) is 5.67. The number of pyridine rings is 1. The van der Waals surface area contributed by atoms with Gasteiger partial charge in [0.05, 0.1) is 5.56 Å².